The first-order valence-corrected chi connectivity index (χ1v) is 4.31. The lowest BCUT2D eigenvalue weighted by atomic mass is 9.91. The summed E-state index contributed by atoms with van der Waals surface area (Å²) < 4.78 is 0.574. The highest BCUT2D eigenvalue weighted by atomic mass is 16.2. The van der Waals surface area contributed by atoms with Crippen LogP contribution in [0.3, 0.4) is 0 Å². The second-order valence-electron chi connectivity index (χ2n) is 4.31. The summed E-state index contributed by atoms with van der Waals surface area (Å²) in [6, 6.07) is -0.105. The van der Waals surface area contributed by atoms with Gasteiger partial charge in [-0.1, -0.05) is 0 Å². The van der Waals surface area contributed by atoms with E-state index in [-0.39, 0.29) is 17.6 Å². The SMILES string of the molecule is C[N+](C)(C)C1CCCC(=O)C1=O. The lowest BCUT2D eigenvalue weighted by Crippen LogP contribution is -2.53. The van der Waals surface area contributed by atoms with Crippen LogP contribution in [0.1, 0.15) is 19.3 Å². The maximum absolute atomic E-state index is 11.4. The number of ketones is 2. The minimum absolute atomic E-state index is 0.105. The van der Waals surface area contributed by atoms with Gasteiger partial charge in [-0.3, -0.25) is 9.59 Å². The van der Waals surface area contributed by atoms with Crippen LogP contribution in [0, 0.1) is 0 Å². The minimum Gasteiger partial charge on any atom is -0.322 e. The van der Waals surface area contributed by atoms with E-state index in [1.54, 1.807) is 0 Å². The van der Waals surface area contributed by atoms with Gasteiger partial charge in [-0.2, -0.15) is 0 Å². The molecule has 0 spiro atoms. The number of carbonyl (C=O) groups is 2. The number of likely N-dealkylation sites (N-methyl/N-ethyl adjacent to an activating group) is 1. The van der Waals surface area contributed by atoms with Crippen molar-refractivity contribution in [3.8, 4) is 0 Å². The maximum Gasteiger partial charge on any atom is 0.255 e. The molecule has 0 N–H and O–H groups in total. The van der Waals surface area contributed by atoms with Crippen LogP contribution in [-0.4, -0.2) is 43.2 Å². The lowest BCUT2D eigenvalue weighted by molar-refractivity contribution is -0.886. The molecule has 0 aliphatic heterocycles. The van der Waals surface area contributed by atoms with Crippen LogP contribution in [0.15, 0.2) is 0 Å². The first-order chi connectivity index (χ1) is 5.43. The molecule has 0 aromatic carbocycles. The molecule has 1 rings (SSSR count). The van der Waals surface area contributed by atoms with Crippen molar-refractivity contribution < 1.29 is 14.1 Å². The molecular formula is C9H16NO2+. The fourth-order valence-electron chi connectivity index (χ4n) is 1.64. The van der Waals surface area contributed by atoms with Crippen LogP contribution < -0.4 is 0 Å². The maximum atomic E-state index is 11.4. The summed E-state index contributed by atoms with van der Waals surface area (Å²) in [6.07, 6.45) is 2.17. The van der Waals surface area contributed by atoms with Gasteiger partial charge in [-0.05, 0) is 6.42 Å². The fourth-order valence-corrected chi connectivity index (χ4v) is 1.64. The van der Waals surface area contributed by atoms with Crippen LogP contribution in [0.25, 0.3) is 0 Å². The third-order valence-electron chi connectivity index (χ3n) is 2.39. The summed E-state index contributed by atoms with van der Waals surface area (Å²) in [5.41, 5.74) is 0. The van der Waals surface area contributed by atoms with Gasteiger partial charge < -0.3 is 4.48 Å². The highest BCUT2D eigenvalue weighted by Gasteiger charge is 2.38. The predicted molar refractivity (Wildman–Crippen MR) is 45.7 cm³/mol. The Labute approximate surface area is 72.9 Å². The minimum atomic E-state index is -0.181. The third kappa shape index (κ3) is 1.72. The van der Waals surface area contributed by atoms with Gasteiger partial charge in [-0.15, -0.1) is 0 Å². The molecular weight excluding hydrogens is 154 g/mol. The molecule has 1 fully saturated rings. The average Bonchev–Trinajstić information content (AvgIpc) is 1.92. The summed E-state index contributed by atoms with van der Waals surface area (Å²) in [7, 11) is 5.88. The van der Waals surface area contributed by atoms with E-state index in [1.165, 1.54) is 0 Å². The van der Waals surface area contributed by atoms with Gasteiger partial charge in [-0.25, -0.2) is 0 Å². The Morgan fingerprint density at radius 3 is 2.25 bits per heavy atom. The molecule has 0 heterocycles. The molecule has 0 radical (unpaired) electrons. The van der Waals surface area contributed by atoms with Crippen molar-refractivity contribution in [2.45, 2.75) is 25.3 Å². The molecule has 3 nitrogen and oxygen atoms in total. The Morgan fingerprint density at radius 1 is 1.25 bits per heavy atom. The number of hydrogen-bond acceptors (Lipinski definition) is 2. The summed E-state index contributed by atoms with van der Waals surface area (Å²) >= 11 is 0. The van der Waals surface area contributed by atoms with Gasteiger partial charge >= 0.3 is 0 Å². The molecule has 1 atom stereocenters. The summed E-state index contributed by atoms with van der Waals surface area (Å²) in [6.45, 7) is 0. The molecule has 0 amide bonds. The van der Waals surface area contributed by atoms with Crippen molar-refractivity contribution in [1.29, 1.82) is 0 Å². The van der Waals surface area contributed by atoms with Gasteiger partial charge in [0.2, 0.25) is 5.78 Å². The van der Waals surface area contributed by atoms with Crippen molar-refractivity contribution in [3.63, 3.8) is 0 Å². The molecule has 1 saturated carbocycles. The monoisotopic (exact) mass is 170 g/mol. The number of rotatable bonds is 1. The summed E-state index contributed by atoms with van der Waals surface area (Å²) in [5.74, 6) is -0.354. The summed E-state index contributed by atoms with van der Waals surface area (Å²) in [5, 5.41) is 0. The highest BCUT2D eigenvalue weighted by molar-refractivity contribution is 6.39. The van der Waals surface area contributed by atoms with Crippen LogP contribution in [0.4, 0.5) is 0 Å². The number of nitrogens with zero attached hydrogens (tertiary/aromatic N) is 1. The fraction of sp³-hybridized carbons (Fsp3) is 0.778. The zero-order valence-corrected chi connectivity index (χ0v) is 7.96. The second kappa shape index (κ2) is 2.98. The molecule has 68 valence electrons. The molecule has 0 saturated heterocycles. The Morgan fingerprint density at radius 2 is 1.83 bits per heavy atom. The van der Waals surface area contributed by atoms with Crippen molar-refractivity contribution in [2.24, 2.45) is 0 Å². The van der Waals surface area contributed by atoms with E-state index in [0.29, 0.717) is 10.9 Å². The van der Waals surface area contributed by atoms with Gasteiger partial charge in [0, 0.05) is 12.8 Å². The molecule has 0 aromatic heterocycles. The number of carbonyl (C=O) groups excluding carboxylic acids is 2. The Bertz CT molecular complexity index is 215. The van der Waals surface area contributed by atoms with E-state index in [9.17, 15) is 9.59 Å². The van der Waals surface area contributed by atoms with Crippen LogP contribution in [0.2, 0.25) is 0 Å². The van der Waals surface area contributed by atoms with E-state index >= 15 is 0 Å². The first kappa shape index (κ1) is 9.39. The number of Topliss-reactive ketones (excluding diaryl/α,β-unsaturated/α-hetero) is 2. The predicted octanol–water partition coefficient (Wildman–Crippen LogP) is 0.383. The van der Waals surface area contributed by atoms with Crippen LogP contribution in [-0.2, 0) is 9.59 Å². The van der Waals surface area contributed by atoms with Crippen molar-refractivity contribution in [3.05, 3.63) is 0 Å². The van der Waals surface area contributed by atoms with Crippen molar-refractivity contribution in [1.82, 2.24) is 0 Å². The second-order valence-corrected chi connectivity index (χ2v) is 4.31. The molecule has 0 aromatic rings. The zero-order chi connectivity index (χ0) is 9.35. The van der Waals surface area contributed by atoms with E-state index < -0.39 is 0 Å². The molecule has 1 aliphatic carbocycles. The zero-order valence-electron chi connectivity index (χ0n) is 7.96. The van der Waals surface area contributed by atoms with Crippen molar-refractivity contribution >= 4 is 11.6 Å². The van der Waals surface area contributed by atoms with Gasteiger partial charge in [0.15, 0.2) is 6.04 Å². The van der Waals surface area contributed by atoms with Crippen LogP contribution >= 0.6 is 0 Å². The summed E-state index contributed by atoms with van der Waals surface area (Å²) in [4.78, 5) is 22.5. The number of quaternary nitrogens is 1. The third-order valence-corrected chi connectivity index (χ3v) is 2.39. The molecule has 3 heteroatoms. The molecule has 12 heavy (non-hydrogen) atoms. The Kier molecular flexibility index (Phi) is 2.33. The van der Waals surface area contributed by atoms with E-state index in [4.69, 9.17) is 0 Å². The average molecular weight is 170 g/mol. The van der Waals surface area contributed by atoms with E-state index in [2.05, 4.69) is 0 Å². The largest absolute Gasteiger partial charge is 0.322 e. The number of hydrogen-bond donors (Lipinski definition) is 0. The normalized spacial score (nSPS) is 26.1. The van der Waals surface area contributed by atoms with E-state index in [1.807, 2.05) is 21.1 Å². The quantitative estimate of drug-likeness (QED) is 0.421. The standard InChI is InChI=1S/C9H16NO2/c1-10(2,3)7-5-4-6-8(11)9(7)12/h7H,4-6H2,1-3H3/q+1. The lowest BCUT2D eigenvalue weighted by Gasteiger charge is -2.34. The first-order valence-electron chi connectivity index (χ1n) is 4.31. The van der Waals surface area contributed by atoms with Gasteiger partial charge in [0.05, 0.1) is 21.1 Å². The van der Waals surface area contributed by atoms with Crippen LogP contribution in [0.5, 0.6) is 0 Å². The molecule has 1 unspecified atom stereocenters. The molecule has 0 bridgehead atoms. The van der Waals surface area contributed by atoms with E-state index in [0.717, 1.165) is 12.8 Å². The van der Waals surface area contributed by atoms with Gasteiger partial charge in [0.25, 0.3) is 5.78 Å². The highest BCUT2D eigenvalue weighted by Crippen LogP contribution is 2.19. The molecule has 1 aliphatic rings. The smallest absolute Gasteiger partial charge is 0.255 e. The topological polar surface area (TPSA) is 34.1 Å². The van der Waals surface area contributed by atoms with Crippen molar-refractivity contribution in [2.75, 3.05) is 21.1 Å². The Hall–Kier alpha value is -0.700. The van der Waals surface area contributed by atoms with Gasteiger partial charge in [0.1, 0.15) is 0 Å². The Balaban J connectivity index is 2.78.